The second kappa shape index (κ2) is 4.43. The minimum atomic E-state index is -0.386. The van der Waals surface area contributed by atoms with Crippen molar-refractivity contribution in [2.75, 3.05) is 0 Å². The SMILES string of the molecule is O=C(NCc1ccon1)c1ccncc1O. The van der Waals surface area contributed by atoms with Gasteiger partial charge in [-0.3, -0.25) is 9.78 Å². The summed E-state index contributed by atoms with van der Waals surface area (Å²) in [6.07, 6.45) is 4.07. The molecule has 0 saturated heterocycles. The van der Waals surface area contributed by atoms with Gasteiger partial charge in [0.05, 0.1) is 18.3 Å². The third-order valence-electron chi connectivity index (χ3n) is 1.97. The number of aromatic hydroxyl groups is 1. The molecule has 1 amide bonds. The Bertz CT molecular complexity index is 482. The molecule has 0 fully saturated rings. The lowest BCUT2D eigenvalue weighted by molar-refractivity contribution is 0.0947. The topological polar surface area (TPSA) is 88.3 Å². The molecule has 2 rings (SSSR count). The Hall–Kier alpha value is -2.37. The third-order valence-corrected chi connectivity index (χ3v) is 1.97. The lowest BCUT2D eigenvalue weighted by atomic mass is 10.2. The van der Waals surface area contributed by atoms with E-state index in [-0.39, 0.29) is 23.8 Å². The first-order valence-corrected chi connectivity index (χ1v) is 4.58. The summed E-state index contributed by atoms with van der Waals surface area (Å²) < 4.78 is 4.62. The van der Waals surface area contributed by atoms with E-state index in [0.717, 1.165) is 0 Å². The van der Waals surface area contributed by atoms with Crippen LogP contribution in [0.3, 0.4) is 0 Å². The molecular formula is C10H9N3O3. The molecule has 2 aromatic heterocycles. The smallest absolute Gasteiger partial charge is 0.255 e. The summed E-state index contributed by atoms with van der Waals surface area (Å²) in [7, 11) is 0. The molecule has 2 aromatic rings. The van der Waals surface area contributed by atoms with Gasteiger partial charge in [-0.05, 0) is 6.07 Å². The number of aromatic nitrogens is 2. The first-order chi connectivity index (χ1) is 7.77. The number of carbonyl (C=O) groups excluding carboxylic acids is 1. The van der Waals surface area contributed by atoms with Crippen molar-refractivity contribution in [1.29, 1.82) is 0 Å². The van der Waals surface area contributed by atoms with E-state index in [4.69, 9.17) is 0 Å². The van der Waals surface area contributed by atoms with Crippen LogP contribution in [0.1, 0.15) is 16.1 Å². The van der Waals surface area contributed by atoms with Crippen molar-refractivity contribution in [1.82, 2.24) is 15.5 Å². The van der Waals surface area contributed by atoms with Crippen LogP contribution in [-0.2, 0) is 6.54 Å². The molecule has 6 nitrogen and oxygen atoms in total. The lowest BCUT2D eigenvalue weighted by Crippen LogP contribution is -2.23. The average molecular weight is 219 g/mol. The highest BCUT2D eigenvalue weighted by atomic mass is 16.5. The summed E-state index contributed by atoms with van der Waals surface area (Å²) >= 11 is 0. The highest BCUT2D eigenvalue weighted by Gasteiger charge is 2.10. The number of hydrogen-bond donors (Lipinski definition) is 2. The van der Waals surface area contributed by atoms with Gasteiger partial charge in [0.15, 0.2) is 0 Å². The molecule has 0 spiro atoms. The minimum Gasteiger partial charge on any atom is -0.505 e. The maximum atomic E-state index is 11.6. The van der Waals surface area contributed by atoms with Crippen LogP contribution in [0.15, 0.2) is 35.3 Å². The van der Waals surface area contributed by atoms with Crippen LogP contribution in [0, 0.1) is 0 Å². The van der Waals surface area contributed by atoms with Gasteiger partial charge in [-0.25, -0.2) is 0 Å². The Labute approximate surface area is 90.9 Å². The van der Waals surface area contributed by atoms with E-state index in [0.29, 0.717) is 5.69 Å². The van der Waals surface area contributed by atoms with E-state index >= 15 is 0 Å². The van der Waals surface area contributed by atoms with Crippen molar-refractivity contribution in [3.05, 3.63) is 42.0 Å². The number of carbonyl (C=O) groups is 1. The van der Waals surface area contributed by atoms with Crippen molar-refractivity contribution in [2.45, 2.75) is 6.54 Å². The molecule has 0 aromatic carbocycles. The summed E-state index contributed by atoms with van der Waals surface area (Å²) in [5, 5.41) is 15.6. The van der Waals surface area contributed by atoms with Gasteiger partial charge < -0.3 is 14.9 Å². The van der Waals surface area contributed by atoms with Gasteiger partial charge in [-0.2, -0.15) is 0 Å². The summed E-state index contributed by atoms with van der Waals surface area (Å²) in [6.45, 7) is 0.247. The van der Waals surface area contributed by atoms with Gasteiger partial charge in [0.1, 0.15) is 17.7 Å². The quantitative estimate of drug-likeness (QED) is 0.793. The van der Waals surface area contributed by atoms with E-state index in [2.05, 4.69) is 20.0 Å². The first kappa shape index (κ1) is 10.2. The predicted octanol–water partition coefficient (Wildman–Crippen LogP) is 0.705. The summed E-state index contributed by atoms with van der Waals surface area (Å²) in [6, 6.07) is 3.08. The summed E-state index contributed by atoms with van der Waals surface area (Å²) in [4.78, 5) is 15.3. The number of nitrogens with zero attached hydrogens (tertiary/aromatic N) is 2. The normalized spacial score (nSPS) is 10.0. The highest BCUT2D eigenvalue weighted by molar-refractivity contribution is 5.96. The third kappa shape index (κ3) is 2.17. The number of amides is 1. The number of pyridine rings is 1. The molecule has 2 heterocycles. The number of rotatable bonds is 3. The summed E-state index contributed by atoms with van der Waals surface area (Å²) in [5.74, 6) is -0.539. The molecule has 0 unspecified atom stereocenters. The Morgan fingerprint density at radius 2 is 2.38 bits per heavy atom. The van der Waals surface area contributed by atoms with Crippen LogP contribution >= 0.6 is 0 Å². The zero-order chi connectivity index (χ0) is 11.4. The van der Waals surface area contributed by atoms with Gasteiger partial charge in [0.25, 0.3) is 5.91 Å². The van der Waals surface area contributed by atoms with Crippen LogP contribution in [0.25, 0.3) is 0 Å². The Kier molecular flexibility index (Phi) is 2.81. The van der Waals surface area contributed by atoms with Crippen molar-refractivity contribution in [3.63, 3.8) is 0 Å². The second-order valence-electron chi connectivity index (χ2n) is 3.07. The maximum Gasteiger partial charge on any atom is 0.255 e. The molecule has 0 aliphatic rings. The Morgan fingerprint density at radius 1 is 1.50 bits per heavy atom. The van der Waals surface area contributed by atoms with E-state index in [1.54, 1.807) is 6.07 Å². The van der Waals surface area contributed by atoms with Crippen molar-refractivity contribution in [2.24, 2.45) is 0 Å². The zero-order valence-electron chi connectivity index (χ0n) is 8.25. The Balaban J connectivity index is 2.01. The van der Waals surface area contributed by atoms with Crippen molar-refractivity contribution < 1.29 is 14.4 Å². The largest absolute Gasteiger partial charge is 0.505 e. The van der Waals surface area contributed by atoms with E-state index in [1.165, 1.54) is 24.7 Å². The lowest BCUT2D eigenvalue weighted by Gasteiger charge is -2.03. The van der Waals surface area contributed by atoms with Gasteiger partial charge in [0, 0.05) is 12.3 Å². The molecule has 82 valence electrons. The predicted molar refractivity (Wildman–Crippen MR) is 53.6 cm³/mol. The molecule has 0 radical (unpaired) electrons. The minimum absolute atomic E-state index is 0.153. The van der Waals surface area contributed by atoms with Gasteiger partial charge >= 0.3 is 0 Å². The van der Waals surface area contributed by atoms with Crippen LogP contribution in [0.2, 0.25) is 0 Å². The van der Waals surface area contributed by atoms with E-state index in [9.17, 15) is 9.90 Å². The molecule has 16 heavy (non-hydrogen) atoms. The second-order valence-corrected chi connectivity index (χ2v) is 3.07. The highest BCUT2D eigenvalue weighted by Crippen LogP contribution is 2.13. The van der Waals surface area contributed by atoms with Gasteiger partial charge in [0.2, 0.25) is 0 Å². The van der Waals surface area contributed by atoms with Gasteiger partial charge in [-0.1, -0.05) is 5.16 Å². The summed E-state index contributed by atoms with van der Waals surface area (Å²) in [5.41, 5.74) is 0.792. The van der Waals surface area contributed by atoms with Crippen LogP contribution in [0.4, 0.5) is 0 Å². The molecule has 2 N–H and O–H groups in total. The van der Waals surface area contributed by atoms with Gasteiger partial charge in [-0.15, -0.1) is 0 Å². The van der Waals surface area contributed by atoms with E-state index < -0.39 is 0 Å². The molecule has 6 heteroatoms. The van der Waals surface area contributed by atoms with Crippen LogP contribution < -0.4 is 5.32 Å². The molecule has 0 bridgehead atoms. The van der Waals surface area contributed by atoms with Crippen LogP contribution in [-0.4, -0.2) is 21.2 Å². The van der Waals surface area contributed by atoms with Crippen molar-refractivity contribution in [3.8, 4) is 5.75 Å². The molecule has 0 saturated carbocycles. The number of nitrogens with one attached hydrogen (secondary N) is 1. The fraction of sp³-hybridized carbons (Fsp3) is 0.100. The average Bonchev–Trinajstić information content (AvgIpc) is 2.79. The fourth-order valence-corrected chi connectivity index (χ4v) is 1.17. The monoisotopic (exact) mass is 219 g/mol. The zero-order valence-corrected chi connectivity index (χ0v) is 8.25. The first-order valence-electron chi connectivity index (χ1n) is 4.58. The van der Waals surface area contributed by atoms with Crippen molar-refractivity contribution >= 4 is 5.91 Å². The molecule has 0 aliphatic carbocycles. The van der Waals surface area contributed by atoms with E-state index in [1.807, 2.05) is 0 Å². The number of hydrogen-bond acceptors (Lipinski definition) is 5. The molecule has 0 aliphatic heterocycles. The maximum absolute atomic E-state index is 11.6. The van der Waals surface area contributed by atoms with Crippen LogP contribution in [0.5, 0.6) is 5.75 Å². The molecular weight excluding hydrogens is 210 g/mol. The fourth-order valence-electron chi connectivity index (χ4n) is 1.17. The Morgan fingerprint density at radius 3 is 3.06 bits per heavy atom. The molecule has 0 atom stereocenters. The standard InChI is InChI=1S/C10H9N3O3/c14-9-6-11-3-1-8(9)10(15)12-5-7-2-4-16-13-7/h1-4,6,14H,5H2,(H,12,15).